The fourth-order valence-electron chi connectivity index (χ4n) is 1.85. The van der Waals surface area contributed by atoms with Gasteiger partial charge < -0.3 is 106 Å². The van der Waals surface area contributed by atoms with E-state index < -0.39 is 93.1 Å². The Hall–Kier alpha value is -1.71. The molecule has 0 saturated carbocycles. The molecular formula is C24H54O21. The van der Waals surface area contributed by atoms with Crippen molar-refractivity contribution in [3.63, 3.8) is 0 Å². The van der Waals surface area contributed by atoms with Crippen LogP contribution in [-0.4, -0.2) is 224 Å². The van der Waals surface area contributed by atoms with Crippen molar-refractivity contribution in [3.8, 4) is 0 Å². The lowest BCUT2D eigenvalue weighted by molar-refractivity contribution is -0.136. The van der Waals surface area contributed by atoms with E-state index in [0.29, 0.717) is 0 Å². The van der Waals surface area contributed by atoms with Crippen LogP contribution in [0.25, 0.3) is 0 Å². The molecule has 0 bridgehead atoms. The first kappa shape index (κ1) is 55.7. The normalized spacial score (nSPS) is 18.1. The van der Waals surface area contributed by atoms with E-state index in [1.54, 1.807) is 20.8 Å². The van der Waals surface area contributed by atoms with Crippen molar-refractivity contribution in [2.75, 3.05) is 39.6 Å². The molecule has 0 aromatic heterocycles. The fraction of sp³-hybridized carbons (Fsp3) is 0.875. The van der Waals surface area contributed by atoms with Crippen molar-refractivity contribution in [2.45, 2.75) is 94.0 Å². The van der Waals surface area contributed by atoms with E-state index in [9.17, 15) is 14.4 Å². The van der Waals surface area contributed by atoms with E-state index in [1.165, 1.54) is 0 Å². The topological polar surface area (TPSA) is 415 Å². The number of hydrogen-bond donors (Lipinski definition) is 18. The van der Waals surface area contributed by atoms with Crippen molar-refractivity contribution in [1.29, 1.82) is 0 Å². The van der Waals surface area contributed by atoms with Gasteiger partial charge in [-0.2, -0.15) is 0 Å². The molecular weight excluding hydrogens is 624 g/mol. The zero-order chi connectivity index (χ0) is 37.3. The molecule has 0 aliphatic heterocycles. The lowest BCUT2D eigenvalue weighted by Gasteiger charge is -2.22. The third-order valence-electron chi connectivity index (χ3n) is 4.26. The molecule has 0 amide bonds. The Kier molecular flexibility index (Phi) is 47.6. The summed E-state index contributed by atoms with van der Waals surface area (Å²) in [5.41, 5.74) is 0. The van der Waals surface area contributed by atoms with Gasteiger partial charge in [-0.1, -0.05) is 0 Å². The Morgan fingerprint density at radius 2 is 0.489 bits per heavy atom. The number of hydrogen-bond acceptors (Lipinski definition) is 21. The molecule has 21 nitrogen and oxygen atoms in total. The molecule has 0 aliphatic carbocycles. The molecule has 0 aliphatic rings. The molecule has 45 heavy (non-hydrogen) atoms. The monoisotopic (exact) mass is 678 g/mol. The van der Waals surface area contributed by atoms with Crippen LogP contribution in [0.15, 0.2) is 0 Å². The van der Waals surface area contributed by atoms with Crippen molar-refractivity contribution in [1.82, 2.24) is 0 Å². The molecule has 276 valence electrons. The van der Waals surface area contributed by atoms with Crippen molar-refractivity contribution in [3.05, 3.63) is 0 Å². The van der Waals surface area contributed by atoms with Crippen LogP contribution < -0.4 is 0 Å². The van der Waals surface area contributed by atoms with Crippen molar-refractivity contribution >= 4 is 18.9 Å². The van der Waals surface area contributed by atoms with Gasteiger partial charge in [0.05, 0.1) is 19.8 Å². The largest absolute Gasteiger partial charge is 0.397 e. The summed E-state index contributed by atoms with van der Waals surface area (Å²) in [7, 11) is 0. The third-order valence-corrected chi connectivity index (χ3v) is 4.26. The Labute approximate surface area is 259 Å². The summed E-state index contributed by atoms with van der Waals surface area (Å²) >= 11 is 0. The third kappa shape index (κ3) is 32.0. The van der Waals surface area contributed by atoms with E-state index in [1.807, 2.05) is 0 Å². The maximum atomic E-state index is 9.90. The Morgan fingerprint density at radius 3 is 0.578 bits per heavy atom. The summed E-state index contributed by atoms with van der Waals surface area (Å²) in [6, 6.07) is 0. The number of aldehydes is 3. The van der Waals surface area contributed by atoms with E-state index in [-0.39, 0.29) is 38.7 Å². The van der Waals surface area contributed by atoms with Crippen LogP contribution in [0, 0.1) is 0 Å². The Bertz CT molecular complexity index is 537. The van der Waals surface area contributed by atoms with Crippen LogP contribution in [0.3, 0.4) is 0 Å². The summed E-state index contributed by atoms with van der Waals surface area (Å²) in [6.07, 6.45) is -20.5. The highest BCUT2D eigenvalue weighted by molar-refractivity contribution is 5.57. The van der Waals surface area contributed by atoms with Crippen LogP contribution in [0.2, 0.25) is 0 Å². The minimum Gasteiger partial charge on any atom is -0.397 e. The summed E-state index contributed by atoms with van der Waals surface area (Å²) in [6.45, 7) is 3.51. The van der Waals surface area contributed by atoms with Gasteiger partial charge in [-0.15, -0.1) is 0 Å². The molecule has 21 heteroatoms. The van der Waals surface area contributed by atoms with Gasteiger partial charge in [-0.25, -0.2) is 0 Å². The molecule has 18 N–H and O–H groups in total. The second kappa shape index (κ2) is 38.5. The first-order valence-corrected chi connectivity index (χ1v) is 13.0. The highest BCUT2D eigenvalue weighted by Gasteiger charge is 2.31. The first-order chi connectivity index (χ1) is 20.9. The molecule has 0 aromatic rings. The van der Waals surface area contributed by atoms with Crippen LogP contribution in [0.5, 0.6) is 0 Å². The second-order valence-electron chi connectivity index (χ2n) is 8.02. The first-order valence-electron chi connectivity index (χ1n) is 13.0. The minimum atomic E-state index is -1.79. The molecule has 0 radical (unpaired) electrons. The number of rotatable bonds is 15. The summed E-state index contributed by atoms with van der Waals surface area (Å²) in [5.74, 6) is 0. The second-order valence-corrected chi connectivity index (χ2v) is 8.02. The molecule has 12 atom stereocenters. The summed E-state index contributed by atoms with van der Waals surface area (Å²) in [5, 5.41) is 153. The molecule has 0 spiro atoms. The number of carbonyl (C=O) groups excluding carboxylic acids is 3. The molecule has 0 unspecified atom stereocenters. The standard InChI is InChI=1S/3C6H12O6.3C2H6O/c3*7-1-3(9)5(11)6(12)4(10)2-8;3*1-2-3/h3*1,3-6,8-12H,2H2;3*3H,2H2,1H3/t3*3-,4+,5+,6+;;;/m000.../s1. The number of aliphatic hydroxyl groups is 18. The van der Waals surface area contributed by atoms with Crippen LogP contribution in [0.1, 0.15) is 20.8 Å². The summed E-state index contributed by atoms with van der Waals surface area (Å²) < 4.78 is 0. The summed E-state index contributed by atoms with van der Waals surface area (Å²) in [4.78, 5) is 29.7. The Balaban J connectivity index is -0.000000111. The predicted octanol–water partition coefficient (Wildman–Crippen LogP) is -10.1. The maximum Gasteiger partial charge on any atom is 0.151 e. The molecule has 0 saturated heterocycles. The lowest BCUT2D eigenvalue weighted by Crippen LogP contribution is -2.46. The average molecular weight is 679 g/mol. The highest BCUT2D eigenvalue weighted by Crippen LogP contribution is 2.04. The molecule has 0 rings (SSSR count). The van der Waals surface area contributed by atoms with Crippen LogP contribution in [-0.2, 0) is 14.4 Å². The zero-order valence-corrected chi connectivity index (χ0v) is 25.2. The molecule has 0 heterocycles. The van der Waals surface area contributed by atoms with Crippen molar-refractivity contribution < 1.29 is 106 Å². The fourth-order valence-corrected chi connectivity index (χ4v) is 1.85. The van der Waals surface area contributed by atoms with Gasteiger partial charge in [0.2, 0.25) is 0 Å². The minimum absolute atomic E-state index is 0.0258. The van der Waals surface area contributed by atoms with Crippen LogP contribution in [0.4, 0.5) is 0 Å². The SMILES string of the molecule is CCO.CCO.CCO.O=C[C@H](O)[C@@H](O)[C@H](O)[C@H](O)CO.O=C[C@H](O)[C@@H](O)[C@H](O)[C@H](O)CO.O=C[C@H](O)[C@@H](O)[C@H](O)[C@H](O)CO. The van der Waals surface area contributed by atoms with Gasteiger partial charge in [0, 0.05) is 19.8 Å². The quantitative estimate of drug-likeness (QED) is 0.0714. The van der Waals surface area contributed by atoms with Gasteiger partial charge in [0.15, 0.2) is 18.9 Å². The van der Waals surface area contributed by atoms with Gasteiger partial charge in [-0.05, 0) is 20.8 Å². The van der Waals surface area contributed by atoms with E-state index in [0.717, 1.165) is 0 Å². The molecule has 0 aromatic carbocycles. The number of aliphatic hydroxyl groups excluding tert-OH is 18. The van der Waals surface area contributed by atoms with E-state index >= 15 is 0 Å². The predicted molar refractivity (Wildman–Crippen MR) is 150 cm³/mol. The highest BCUT2D eigenvalue weighted by atomic mass is 16.4. The lowest BCUT2D eigenvalue weighted by atomic mass is 10.0. The number of carbonyl (C=O) groups is 3. The van der Waals surface area contributed by atoms with Crippen LogP contribution >= 0.6 is 0 Å². The van der Waals surface area contributed by atoms with E-state index in [4.69, 9.17) is 91.9 Å². The Morgan fingerprint density at radius 1 is 0.356 bits per heavy atom. The maximum absolute atomic E-state index is 9.90. The van der Waals surface area contributed by atoms with Gasteiger partial charge in [0.25, 0.3) is 0 Å². The molecule has 0 fully saturated rings. The van der Waals surface area contributed by atoms with Gasteiger partial charge in [0.1, 0.15) is 73.2 Å². The van der Waals surface area contributed by atoms with Gasteiger partial charge >= 0.3 is 0 Å². The zero-order valence-electron chi connectivity index (χ0n) is 25.2. The van der Waals surface area contributed by atoms with Crippen molar-refractivity contribution in [2.24, 2.45) is 0 Å². The smallest absolute Gasteiger partial charge is 0.151 e. The average Bonchev–Trinajstić information content (AvgIpc) is 3.05. The van der Waals surface area contributed by atoms with Gasteiger partial charge in [-0.3, -0.25) is 0 Å². The van der Waals surface area contributed by atoms with E-state index in [2.05, 4.69) is 0 Å².